The van der Waals surface area contributed by atoms with Crippen LogP contribution in [0.25, 0.3) is 0 Å². The highest BCUT2D eigenvalue weighted by Crippen LogP contribution is 2.19. The average Bonchev–Trinajstić information content (AvgIpc) is 3.01. The van der Waals surface area contributed by atoms with Gasteiger partial charge in [0, 0.05) is 77.8 Å². The van der Waals surface area contributed by atoms with Crippen molar-refractivity contribution >= 4 is 11.6 Å². The zero-order valence-corrected chi connectivity index (χ0v) is 23.0. The Labute approximate surface area is 236 Å². The van der Waals surface area contributed by atoms with Crippen molar-refractivity contribution in [2.24, 2.45) is 0 Å². The summed E-state index contributed by atoms with van der Waals surface area (Å²) >= 11 is 0. The van der Waals surface area contributed by atoms with E-state index in [0.717, 1.165) is 64.0 Å². The van der Waals surface area contributed by atoms with Crippen molar-refractivity contribution in [1.29, 1.82) is 0 Å². The van der Waals surface area contributed by atoms with Gasteiger partial charge in [-0.1, -0.05) is 12.1 Å². The molecule has 0 saturated carbocycles. The Morgan fingerprint density at radius 3 is 1.32 bits per heavy atom. The van der Waals surface area contributed by atoms with E-state index in [-0.39, 0.29) is 13.2 Å². The number of hydrogen-bond acceptors (Lipinski definition) is 10. The van der Waals surface area contributed by atoms with Crippen LogP contribution in [-0.2, 0) is 0 Å². The normalized spacial score (nSPS) is 18.4. The van der Waals surface area contributed by atoms with Gasteiger partial charge in [0.15, 0.2) is 0 Å². The highest BCUT2D eigenvalue weighted by molar-refractivity contribution is 5.39. The largest absolute Gasteiger partial charge is 0.491 e. The number of benzene rings is 1. The van der Waals surface area contributed by atoms with Crippen molar-refractivity contribution in [2.45, 2.75) is 12.2 Å². The van der Waals surface area contributed by atoms with Gasteiger partial charge in [0.2, 0.25) is 0 Å². The molecule has 5 rings (SSSR count). The summed E-state index contributed by atoms with van der Waals surface area (Å²) in [5.41, 5.74) is 0. The number of aliphatic hydroxyl groups is 2. The van der Waals surface area contributed by atoms with Crippen LogP contribution in [0.3, 0.4) is 0 Å². The third-order valence-electron chi connectivity index (χ3n) is 7.34. The predicted octanol–water partition coefficient (Wildman–Crippen LogP) is 1.60. The van der Waals surface area contributed by atoms with Crippen molar-refractivity contribution in [2.75, 3.05) is 88.5 Å². The standard InChI is InChI=1S/C30H40N6O4/c37-25(21-33-13-17-35(18-14-33)29-5-1-3-11-31-29)23-39-27-7-9-28(10-8-27)40-24-26(38)22-34-15-19-36(20-16-34)30-6-2-4-12-32-30/h1-12,25-26,37-38H,13-24H2/t25-,26-/m0/s1. The Bertz CT molecular complexity index is 1030. The molecule has 2 fully saturated rings. The van der Waals surface area contributed by atoms with Crippen LogP contribution in [-0.4, -0.2) is 121 Å². The lowest BCUT2D eigenvalue weighted by Crippen LogP contribution is -2.49. The van der Waals surface area contributed by atoms with Crippen LogP contribution in [0, 0.1) is 0 Å². The second kappa shape index (κ2) is 14.3. The highest BCUT2D eigenvalue weighted by Gasteiger charge is 2.21. The van der Waals surface area contributed by atoms with E-state index in [4.69, 9.17) is 9.47 Å². The van der Waals surface area contributed by atoms with Crippen LogP contribution in [0.2, 0.25) is 0 Å². The second-order valence-corrected chi connectivity index (χ2v) is 10.4. The summed E-state index contributed by atoms with van der Waals surface area (Å²) in [6.07, 6.45) is 2.50. The van der Waals surface area contributed by atoms with Gasteiger partial charge in [-0.2, -0.15) is 0 Å². The molecule has 4 heterocycles. The van der Waals surface area contributed by atoms with Crippen molar-refractivity contribution in [3.8, 4) is 11.5 Å². The number of pyridine rings is 2. The molecule has 2 N–H and O–H groups in total. The molecule has 214 valence electrons. The van der Waals surface area contributed by atoms with E-state index in [1.54, 1.807) is 0 Å². The van der Waals surface area contributed by atoms with Gasteiger partial charge in [-0.05, 0) is 48.5 Å². The summed E-state index contributed by atoms with van der Waals surface area (Å²) in [6, 6.07) is 19.3. The molecule has 2 aliphatic heterocycles. The van der Waals surface area contributed by atoms with Gasteiger partial charge < -0.3 is 29.5 Å². The molecule has 0 spiro atoms. The SMILES string of the molecule is O[C@H](COc1ccc(OC[C@@H](O)CN2CCN(c3ccccn3)CC2)cc1)CN1CCN(c2ccccn2)CC1. The van der Waals surface area contributed by atoms with E-state index in [2.05, 4.69) is 29.6 Å². The van der Waals surface area contributed by atoms with Crippen molar-refractivity contribution in [3.05, 3.63) is 73.1 Å². The number of anilines is 2. The van der Waals surface area contributed by atoms with Crippen LogP contribution in [0.1, 0.15) is 0 Å². The number of ether oxygens (including phenoxy) is 2. The summed E-state index contributed by atoms with van der Waals surface area (Å²) in [7, 11) is 0. The predicted molar refractivity (Wildman–Crippen MR) is 155 cm³/mol. The smallest absolute Gasteiger partial charge is 0.128 e. The van der Waals surface area contributed by atoms with Crippen molar-refractivity contribution in [3.63, 3.8) is 0 Å². The Morgan fingerprint density at radius 2 is 0.975 bits per heavy atom. The van der Waals surface area contributed by atoms with Crippen molar-refractivity contribution < 1.29 is 19.7 Å². The second-order valence-electron chi connectivity index (χ2n) is 10.4. The number of aromatic nitrogens is 2. The topological polar surface area (TPSA) is 97.7 Å². The molecule has 40 heavy (non-hydrogen) atoms. The Kier molecular flexibility index (Phi) is 10.0. The van der Waals surface area contributed by atoms with E-state index in [9.17, 15) is 10.2 Å². The van der Waals surface area contributed by atoms with Gasteiger partial charge in [-0.3, -0.25) is 9.80 Å². The summed E-state index contributed by atoms with van der Waals surface area (Å²) in [5, 5.41) is 21.0. The van der Waals surface area contributed by atoms with E-state index in [0.29, 0.717) is 24.6 Å². The van der Waals surface area contributed by atoms with Crippen LogP contribution in [0.4, 0.5) is 11.6 Å². The quantitative estimate of drug-likeness (QED) is 0.347. The maximum Gasteiger partial charge on any atom is 0.128 e. The number of rotatable bonds is 12. The monoisotopic (exact) mass is 548 g/mol. The van der Waals surface area contributed by atoms with E-state index < -0.39 is 12.2 Å². The molecular weight excluding hydrogens is 508 g/mol. The molecule has 10 nitrogen and oxygen atoms in total. The lowest BCUT2D eigenvalue weighted by Gasteiger charge is -2.36. The molecule has 0 amide bonds. The fraction of sp³-hybridized carbons (Fsp3) is 0.467. The summed E-state index contributed by atoms with van der Waals surface area (Å²) in [4.78, 5) is 17.9. The highest BCUT2D eigenvalue weighted by atomic mass is 16.5. The molecule has 3 aromatic rings. The maximum atomic E-state index is 10.5. The molecule has 10 heteroatoms. The Morgan fingerprint density at radius 1 is 0.575 bits per heavy atom. The van der Waals surface area contributed by atoms with Gasteiger partial charge in [0.05, 0.1) is 0 Å². The third-order valence-corrected chi connectivity index (χ3v) is 7.34. The molecule has 2 aromatic heterocycles. The molecule has 0 unspecified atom stereocenters. The van der Waals surface area contributed by atoms with Gasteiger partial charge in [-0.25, -0.2) is 9.97 Å². The lowest BCUT2D eigenvalue weighted by molar-refractivity contribution is 0.0649. The first kappa shape index (κ1) is 28.1. The number of hydrogen-bond donors (Lipinski definition) is 2. The first-order chi connectivity index (χ1) is 19.6. The number of piperazine rings is 2. The molecule has 0 radical (unpaired) electrons. The molecule has 0 bridgehead atoms. The fourth-order valence-electron chi connectivity index (χ4n) is 5.12. The molecule has 2 saturated heterocycles. The molecule has 0 aliphatic carbocycles. The van der Waals surface area contributed by atoms with E-state index >= 15 is 0 Å². The lowest BCUT2D eigenvalue weighted by atomic mass is 10.2. The zero-order chi connectivity index (χ0) is 27.6. The van der Waals surface area contributed by atoms with E-state index in [1.165, 1.54) is 0 Å². The molecule has 2 aliphatic rings. The minimum absolute atomic E-state index is 0.229. The van der Waals surface area contributed by atoms with Gasteiger partial charge in [0.25, 0.3) is 0 Å². The maximum absolute atomic E-state index is 10.5. The number of aliphatic hydroxyl groups excluding tert-OH is 2. The Balaban J connectivity index is 0.952. The Hall–Kier alpha value is -3.44. The number of nitrogens with zero attached hydrogens (tertiary/aromatic N) is 6. The summed E-state index contributed by atoms with van der Waals surface area (Å²) in [6.45, 7) is 8.71. The molecular formula is C30H40N6O4. The van der Waals surface area contributed by atoms with Crippen molar-refractivity contribution in [1.82, 2.24) is 19.8 Å². The van der Waals surface area contributed by atoms with Crippen LogP contribution in [0.15, 0.2) is 73.1 Å². The molecule has 1 aromatic carbocycles. The summed E-state index contributed by atoms with van der Waals surface area (Å²) in [5.74, 6) is 3.36. The van der Waals surface area contributed by atoms with E-state index in [1.807, 2.05) is 73.1 Å². The third kappa shape index (κ3) is 8.28. The van der Waals surface area contributed by atoms with Crippen LogP contribution < -0.4 is 19.3 Å². The average molecular weight is 549 g/mol. The minimum Gasteiger partial charge on any atom is -0.491 e. The zero-order valence-electron chi connectivity index (χ0n) is 23.0. The van der Waals surface area contributed by atoms with Gasteiger partial charge >= 0.3 is 0 Å². The summed E-state index contributed by atoms with van der Waals surface area (Å²) < 4.78 is 11.6. The first-order valence-corrected chi connectivity index (χ1v) is 14.1. The molecule has 2 atom stereocenters. The fourth-order valence-corrected chi connectivity index (χ4v) is 5.12. The van der Waals surface area contributed by atoms with Crippen LogP contribution >= 0.6 is 0 Å². The van der Waals surface area contributed by atoms with Gasteiger partial charge in [0.1, 0.15) is 48.6 Å². The number of β-amino-alcohol motifs (C(OH)–C–C–N with tert-alkyl or cyclic N) is 2. The minimum atomic E-state index is -0.571. The first-order valence-electron chi connectivity index (χ1n) is 14.1. The van der Waals surface area contributed by atoms with Crippen LogP contribution in [0.5, 0.6) is 11.5 Å². The van der Waals surface area contributed by atoms with Gasteiger partial charge in [-0.15, -0.1) is 0 Å².